The molecule has 5 heteroatoms. The summed E-state index contributed by atoms with van der Waals surface area (Å²) in [5.41, 5.74) is 2.05. The first-order chi connectivity index (χ1) is 8.81. The summed E-state index contributed by atoms with van der Waals surface area (Å²) in [7, 11) is 0. The Kier molecular flexibility index (Phi) is 2.90. The fourth-order valence-corrected chi connectivity index (χ4v) is 1.88. The first kappa shape index (κ1) is 11.1. The highest BCUT2D eigenvalue weighted by atomic mass is 16.7. The van der Waals surface area contributed by atoms with Crippen LogP contribution in [0.15, 0.2) is 28.8 Å². The molecule has 0 fully saturated rings. The summed E-state index contributed by atoms with van der Waals surface area (Å²) in [4.78, 5) is 0. The molecule has 5 nitrogen and oxygen atoms in total. The van der Waals surface area contributed by atoms with E-state index in [0.717, 1.165) is 35.1 Å². The maximum Gasteiger partial charge on any atom is 0.231 e. The van der Waals surface area contributed by atoms with Crippen molar-refractivity contribution < 1.29 is 14.0 Å². The molecular formula is C13H14N2O3. The van der Waals surface area contributed by atoms with Crippen molar-refractivity contribution in [2.45, 2.75) is 20.0 Å². The van der Waals surface area contributed by atoms with Crippen molar-refractivity contribution in [1.29, 1.82) is 0 Å². The van der Waals surface area contributed by atoms with E-state index >= 15 is 0 Å². The Labute approximate surface area is 105 Å². The van der Waals surface area contributed by atoms with Crippen LogP contribution in [-0.4, -0.2) is 11.9 Å². The van der Waals surface area contributed by atoms with E-state index in [1.165, 1.54) is 0 Å². The molecule has 3 rings (SSSR count). The summed E-state index contributed by atoms with van der Waals surface area (Å²) in [5.74, 6) is 2.46. The first-order valence-electron chi connectivity index (χ1n) is 5.83. The lowest BCUT2D eigenvalue weighted by Gasteiger charge is -2.03. The number of rotatable bonds is 4. The van der Waals surface area contributed by atoms with Gasteiger partial charge in [0.25, 0.3) is 0 Å². The molecule has 1 aliphatic rings. The Morgan fingerprint density at radius 1 is 1.17 bits per heavy atom. The van der Waals surface area contributed by atoms with Crippen molar-refractivity contribution in [3.05, 3.63) is 41.3 Å². The molecule has 0 atom stereocenters. The van der Waals surface area contributed by atoms with Gasteiger partial charge < -0.3 is 19.3 Å². The number of aryl methyl sites for hydroxylation is 1. The average Bonchev–Trinajstić information content (AvgIpc) is 2.97. The number of aromatic nitrogens is 1. The molecule has 0 spiro atoms. The highest BCUT2D eigenvalue weighted by Crippen LogP contribution is 2.32. The van der Waals surface area contributed by atoms with Crippen LogP contribution in [0.25, 0.3) is 0 Å². The zero-order chi connectivity index (χ0) is 12.4. The lowest BCUT2D eigenvalue weighted by atomic mass is 10.2. The van der Waals surface area contributed by atoms with Crippen LogP contribution in [0.4, 0.5) is 0 Å². The highest BCUT2D eigenvalue weighted by Gasteiger charge is 2.12. The van der Waals surface area contributed by atoms with Gasteiger partial charge in [-0.25, -0.2) is 0 Å². The van der Waals surface area contributed by atoms with E-state index in [0.29, 0.717) is 13.3 Å². The van der Waals surface area contributed by atoms with E-state index in [1.807, 2.05) is 31.2 Å². The minimum absolute atomic E-state index is 0.309. The molecule has 0 bridgehead atoms. The van der Waals surface area contributed by atoms with Gasteiger partial charge in [0.15, 0.2) is 17.3 Å². The summed E-state index contributed by atoms with van der Waals surface area (Å²) in [6.07, 6.45) is 0. The van der Waals surface area contributed by atoms with Crippen LogP contribution < -0.4 is 14.8 Å². The molecule has 1 aromatic carbocycles. The van der Waals surface area contributed by atoms with Gasteiger partial charge in [-0.1, -0.05) is 11.2 Å². The minimum atomic E-state index is 0.309. The van der Waals surface area contributed by atoms with Gasteiger partial charge in [0.1, 0.15) is 0 Å². The van der Waals surface area contributed by atoms with Crippen molar-refractivity contribution in [3.8, 4) is 11.5 Å². The van der Waals surface area contributed by atoms with Crippen LogP contribution in [0, 0.1) is 6.92 Å². The standard InChI is InChI=1S/C13H14N2O3/c1-9-4-11(18-15-9)7-14-6-10-2-3-12-13(5-10)17-8-16-12/h2-5,14H,6-8H2,1H3. The summed E-state index contributed by atoms with van der Waals surface area (Å²) >= 11 is 0. The van der Waals surface area contributed by atoms with Gasteiger partial charge in [0, 0.05) is 12.6 Å². The van der Waals surface area contributed by atoms with E-state index in [9.17, 15) is 0 Å². The number of fused-ring (bicyclic) bond motifs is 1. The number of benzene rings is 1. The molecule has 0 aliphatic carbocycles. The van der Waals surface area contributed by atoms with E-state index in [-0.39, 0.29) is 0 Å². The number of nitrogens with zero attached hydrogens (tertiary/aromatic N) is 1. The second kappa shape index (κ2) is 4.70. The van der Waals surface area contributed by atoms with Gasteiger partial charge in [-0.15, -0.1) is 0 Å². The molecule has 0 amide bonds. The van der Waals surface area contributed by atoms with Crippen LogP contribution in [0.1, 0.15) is 17.0 Å². The van der Waals surface area contributed by atoms with E-state index in [1.54, 1.807) is 0 Å². The maximum atomic E-state index is 5.33. The number of nitrogens with one attached hydrogen (secondary N) is 1. The minimum Gasteiger partial charge on any atom is -0.454 e. The van der Waals surface area contributed by atoms with Crippen molar-refractivity contribution in [1.82, 2.24) is 10.5 Å². The van der Waals surface area contributed by atoms with E-state index in [4.69, 9.17) is 14.0 Å². The molecule has 0 saturated carbocycles. The Morgan fingerprint density at radius 3 is 2.89 bits per heavy atom. The molecule has 0 unspecified atom stereocenters. The lowest BCUT2D eigenvalue weighted by molar-refractivity contribution is 0.174. The van der Waals surface area contributed by atoms with Crippen molar-refractivity contribution >= 4 is 0 Å². The number of hydrogen-bond donors (Lipinski definition) is 1. The third kappa shape index (κ3) is 2.31. The highest BCUT2D eigenvalue weighted by molar-refractivity contribution is 5.44. The number of ether oxygens (including phenoxy) is 2. The van der Waals surface area contributed by atoms with Crippen molar-refractivity contribution in [2.75, 3.05) is 6.79 Å². The van der Waals surface area contributed by atoms with Crippen molar-refractivity contribution in [3.63, 3.8) is 0 Å². The molecule has 2 heterocycles. The van der Waals surface area contributed by atoms with Crippen LogP contribution in [0.3, 0.4) is 0 Å². The molecule has 94 valence electrons. The quantitative estimate of drug-likeness (QED) is 0.894. The van der Waals surface area contributed by atoms with Gasteiger partial charge in [0.2, 0.25) is 6.79 Å². The predicted octanol–water partition coefficient (Wildman–Crippen LogP) is 2.00. The first-order valence-corrected chi connectivity index (χ1v) is 5.83. The largest absolute Gasteiger partial charge is 0.454 e. The van der Waals surface area contributed by atoms with Gasteiger partial charge >= 0.3 is 0 Å². The molecular weight excluding hydrogens is 232 g/mol. The molecule has 1 aliphatic heterocycles. The fraction of sp³-hybridized carbons (Fsp3) is 0.308. The van der Waals surface area contributed by atoms with Crippen molar-refractivity contribution in [2.24, 2.45) is 0 Å². The smallest absolute Gasteiger partial charge is 0.231 e. The van der Waals surface area contributed by atoms with Crippen LogP contribution >= 0.6 is 0 Å². The topological polar surface area (TPSA) is 56.5 Å². The van der Waals surface area contributed by atoms with Crippen LogP contribution in [0.2, 0.25) is 0 Å². The normalized spacial score (nSPS) is 12.9. The molecule has 1 aromatic heterocycles. The third-order valence-corrected chi connectivity index (χ3v) is 2.74. The Hall–Kier alpha value is -2.01. The molecule has 18 heavy (non-hydrogen) atoms. The molecule has 0 radical (unpaired) electrons. The predicted molar refractivity (Wildman–Crippen MR) is 64.3 cm³/mol. The average molecular weight is 246 g/mol. The van der Waals surface area contributed by atoms with Gasteiger partial charge in [0.05, 0.1) is 12.2 Å². The fourth-order valence-electron chi connectivity index (χ4n) is 1.88. The monoisotopic (exact) mass is 246 g/mol. The van der Waals surface area contributed by atoms with Gasteiger partial charge in [-0.2, -0.15) is 0 Å². The summed E-state index contributed by atoms with van der Waals surface area (Å²) in [5, 5.41) is 7.13. The zero-order valence-electron chi connectivity index (χ0n) is 10.1. The summed E-state index contributed by atoms with van der Waals surface area (Å²) < 4.78 is 15.7. The summed E-state index contributed by atoms with van der Waals surface area (Å²) in [6, 6.07) is 7.86. The SMILES string of the molecule is Cc1cc(CNCc2ccc3c(c2)OCO3)on1. The Balaban J connectivity index is 1.57. The second-order valence-electron chi connectivity index (χ2n) is 4.23. The number of hydrogen-bond acceptors (Lipinski definition) is 5. The Morgan fingerprint density at radius 2 is 2.06 bits per heavy atom. The molecule has 1 N–H and O–H groups in total. The molecule has 2 aromatic rings. The maximum absolute atomic E-state index is 5.33. The third-order valence-electron chi connectivity index (χ3n) is 2.74. The lowest BCUT2D eigenvalue weighted by Crippen LogP contribution is -2.12. The summed E-state index contributed by atoms with van der Waals surface area (Å²) in [6.45, 7) is 3.63. The second-order valence-corrected chi connectivity index (χ2v) is 4.23. The zero-order valence-corrected chi connectivity index (χ0v) is 10.1. The van der Waals surface area contributed by atoms with Crippen LogP contribution in [0.5, 0.6) is 11.5 Å². The van der Waals surface area contributed by atoms with Gasteiger partial charge in [-0.3, -0.25) is 0 Å². The molecule has 0 saturated heterocycles. The van der Waals surface area contributed by atoms with Crippen LogP contribution in [-0.2, 0) is 13.1 Å². The van der Waals surface area contributed by atoms with E-state index in [2.05, 4.69) is 10.5 Å². The Bertz CT molecular complexity index is 551. The van der Waals surface area contributed by atoms with E-state index < -0.39 is 0 Å². The van der Waals surface area contributed by atoms with Gasteiger partial charge in [-0.05, 0) is 24.6 Å².